The van der Waals surface area contributed by atoms with E-state index in [4.69, 9.17) is 19.3 Å². The van der Waals surface area contributed by atoms with Crippen LogP contribution in [0.5, 0.6) is 5.75 Å². The van der Waals surface area contributed by atoms with Crippen molar-refractivity contribution in [2.24, 2.45) is 0 Å². The maximum absolute atomic E-state index is 11.5. The van der Waals surface area contributed by atoms with Crippen LogP contribution in [0.1, 0.15) is 19.4 Å². The third-order valence-corrected chi connectivity index (χ3v) is 2.78. The highest BCUT2D eigenvalue weighted by atomic mass is 16.7. The minimum absolute atomic E-state index is 0.169. The normalized spacial score (nSPS) is 21.2. The summed E-state index contributed by atoms with van der Waals surface area (Å²) in [6.07, 6.45) is 2.74. The number of benzene rings is 1. The van der Waals surface area contributed by atoms with E-state index < -0.39 is 11.8 Å². The molecular weight excluding hydrogens is 260 g/mol. The third-order valence-electron chi connectivity index (χ3n) is 2.78. The first-order valence-corrected chi connectivity index (χ1v) is 6.40. The predicted octanol–water partition coefficient (Wildman–Crippen LogP) is 2.10. The summed E-state index contributed by atoms with van der Waals surface area (Å²) in [6, 6.07) is 6.51. The van der Waals surface area contributed by atoms with Gasteiger partial charge in [-0.15, -0.1) is 0 Å². The monoisotopic (exact) mass is 278 g/mol. The van der Waals surface area contributed by atoms with Crippen molar-refractivity contribution in [2.75, 3.05) is 13.2 Å². The molecule has 0 radical (unpaired) electrons. The molecule has 1 aliphatic heterocycles. The third kappa shape index (κ3) is 4.36. The number of aromatic hydroxyl groups is 1. The topological polar surface area (TPSA) is 65.0 Å². The largest absolute Gasteiger partial charge is 0.508 e. The van der Waals surface area contributed by atoms with E-state index in [1.54, 1.807) is 30.3 Å². The molecule has 0 bridgehead atoms. The van der Waals surface area contributed by atoms with Crippen LogP contribution in [0.2, 0.25) is 0 Å². The summed E-state index contributed by atoms with van der Waals surface area (Å²) >= 11 is 0. The van der Waals surface area contributed by atoms with Crippen molar-refractivity contribution in [3.8, 4) is 5.75 Å². The van der Waals surface area contributed by atoms with E-state index in [-0.39, 0.29) is 18.5 Å². The summed E-state index contributed by atoms with van der Waals surface area (Å²) in [7, 11) is 0. The van der Waals surface area contributed by atoms with E-state index >= 15 is 0 Å². The lowest BCUT2D eigenvalue weighted by atomic mass is 10.2. The molecule has 0 aromatic heterocycles. The maximum Gasteiger partial charge on any atom is 0.330 e. The van der Waals surface area contributed by atoms with Crippen molar-refractivity contribution >= 4 is 12.0 Å². The van der Waals surface area contributed by atoms with Gasteiger partial charge in [-0.05, 0) is 37.6 Å². The van der Waals surface area contributed by atoms with E-state index in [0.29, 0.717) is 6.61 Å². The van der Waals surface area contributed by atoms with Gasteiger partial charge in [0.05, 0.1) is 6.61 Å². The zero-order valence-electron chi connectivity index (χ0n) is 11.5. The SMILES string of the molecule is CC1(C)OCC(COC(=O)C=Cc2ccc(O)cc2)O1. The molecule has 0 aliphatic carbocycles. The van der Waals surface area contributed by atoms with Crippen LogP contribution in [0.3, 0.4) is 0 Å². The van der Waals surface area contributed by atoms with Gasteiger partial charge >= 0.3 is 5.97 Å². The number of phenolic OH excluding ortho intramolecular Hbond substituents is 1. The lowest BCUT2D eigenvalue weighted by Crippen LogP contribution is -2.24. The number of hydrogen-bond acceptors (Lipinski definition) is 5. The molecule has 1 aromatic carbocycles. The minimum Gasteiger partial charge on any atom is -0.508 e. The van der Waals surface area contributed by atoms with Gasteiger partial charge in [-0.1, -0.05) is 12.1 Å². The molecule has 1 unspecified atom stereocenters. The van der Waals surface area contributed by atoms with Gasteiger partial charge in [-0.25, -0.2) is 4.79 Å². The minimum atomic E-state index is -0.612. The van der Waals surface area contributed by atoms with Gasteiger partial charge in [0.25, 0.3) is 0 Å². The van der Waals surface area contributed by atoms with E-state index in [0.717, 1.165) is 5.56 Å². The second kappa shape index (κ2) is 6.07. The van der Waals surface area contributed by atoms with Crippen molar-refractivity contribution < 1.29 is 24.1 Å². The second-order valence-corrected chi connectivity index (χ2v) is 5.01. The Bertz CT molecular complexity index is 489. The van der Waals surface area contributed by atoms with Gasteiger partial charge < -0.3 is 19.3 Å². The molecule has 1 aliphatic rings. The molecule has 1 fully saturated rings. The molecule has 1 heterocycles. The molecule has 2 rings (SSSR count). The first-order valence-electron chi connectivity index (χ1n) is 6.40. The number of phenols is 1. The fraction of sp³-hybridized carbons (Fsp3) is 0.400. The van der Waals surface area contributed by atoms with Crippen molar-refractivity contribution in [2.45, 2.75) is 25.7 Å². The Labute approximate surface area is 117 Å². The quantitative estimate of drug-likeness (QED) is 0.675. The van der Waals surface area contributed by atoms with Crippen LogP contribution < -0.4 is 0 Å². The Morgan fingerprint density at radius 2 is 2.15 bits per heavy atom. The van der Waals surface area contributed by atoms with Crippen LogP contribution in [-0.2, 0) is 19.0 Å². The summed E-state index contributed by atoms with van der Waals surface area (Å²) in [5, 5.41) is 9.14. The molecular formula is C15H18O5. The number of esters is 1. The number of carbonyl (C=O) groups excluding carboxylic acids is 1. The van der Waals surface area contributed by atoms with E-state index in [9.17, 15) is 4.79 Å². The van der Waals surface area contributed by atoms with Gasteiger partial charge in [0.15, 0.2) is 5.79 Å². The average Bonchev–Trinajstić information content (AvgIpc) is 2.75. The van der Waals surface area contributed by atoms with Crippen LogP contribution in [0.25, 0.3) is 6.08 Å². The molecule has 5 nitrogen and oxygen atoms in total. The zero-order valence-corrected chi connectivity index (χ0v) is 11.5. The molecule has 20 heavy (non-hydrogen) atoms. The van der Waals surface area contributed by atoms with Gasteiger partial charge in [0.1, 0.15) is 18.5 Å². The first-order chi connectivity index (χ1) is 9.44. The van der Waals surface area contributed by atoms with Gasteiger partial charge in [0.2, 0.25) is 0 Å². The van der Waals surface area contributed by atoms with Crippen LogP contribution in [0, 0.1) is 0 Å². The van der Waals surface area contributed by atoms with Crippen LogP contribution >= 0.6 is 0 Å². The molecule has 1 atom stereocenters. The van der Waals surface area contributed by atoms with Crippen molar-refractivity contribution in [3.05, 3.63) is 35.9 Å². The van der Waals surface area contributed by atoms with E-state index in [1.165, 1.54) is 6.08 Å². The smallest absolute Gasteiger partial charge is 0.330 e. The highest BCUT2D eigenvalue weighted by molar-refractivity contribution is 5.87. The molecule has 1 aromatic rings. The summed E-state index contributed by atoms with van der Waals surface area (Å²) < 4.78 is 16.0. The van der Waals surface area contributed by atoms with Crippen molar-refractivity contribution in [1.29, 1.82) is 0 Å². The van der Waals surface area contributed by atoms with Crippen LogP contribution in [-0.4, -0.2) is 36.2 Å². The fourth-order valence-electron chi connectivity index (χ4n) is 1.82. The Kier molecular flexibility index (Phi) is 4.42. The standard InChI is InChI=1S/C15H18O5/c1-15(2)19-10-13(20-15)9-18-14(17)8-5-11-3-6-12(16)7-4-11/h3-8,13,16H,9-10H2,1-2H3. The highest BCUT2D eigenvalue weighted by Crippen LogP contribution is 2.22. The Morgan fingerprint density at radius 3 is 2.75 bits per heavy atom. The predicted molar refractivity (Wildman–Crippen MR) is 73.0 cm³/mol. The summed E-state index contributed by atoms with van der Waals surface area (Å²) in [4.78, 5) is 11.5. The lowest BCUT2D eigenvalue weighted by molar-refractivity contribution is -0.154. The number of rotatable bonds is 4. The Balaban J connectivity index is 1.77. The molecule has 0 spiro atoms. The Morgan fingerprint density at radius 1 is 1.45 bits per heavy atom. The molecule has 1 saturated heterocycles. The average molecular weight is 278 g/mol. The number of hydrogen-bond donors (Lipinski definition) is 1. The van der Waals surface area contributed by atoms with Gasteiger partial charge in [0, 0.05) is 6.08 Å². The molecule has 108 valence electrons. The van der Waals surface area contributed by atoms with Crippen molar-refractivity contribution in [1.82, 2.24) is 0 Å². The molecule has 5 heteroatoms. The van der Waals surface area contributed by atoms with E-state index in [2.05, 4.69) is 0 Å². The van der Waals surface area contributed by atoms with Gasteiger partial charge in [-0.3, -0.25) is 0 Å². The molecule has 1 N–H and O–H groups in total. The number of ether oxygens (including phenoxy) is 3. The Hall–Kier alpha value is -1.85. The summed E-state index contributed by atoms with van der Waals surface area (Å²) in [6.45, 7) is 4.23. The van der Waals surface area contributed by atoms with Crippen LogP contribution in [0.15, 0.2) is 30.3 Å². The number of carbonyl (C=O) groups is 1. The molecule has 0 amide bonds. The highest BCUT2D eigenvalue weighted by Gasteiger charge is 2.33. The van der Waals surface area contributed by atoms with Crippen LogP contribution in [0.4, 0.5) is 0 Å². The lowest BCUT2D eigenvalue weighted by Gasteiger charge is -2.16. The van der Waals surface area contributed by atoms with Gasteiger partial charge in [-0.2, -0.15) is 0 Å². The second-order valence-electron chi connectivity index (χ2n) is 5.01. The van der Waals surface area contributed by atoms with Crippen molar-refractivity contribution in [3.63, 3.8) is 0 Å². The first kappa shape index (κ1) is 14.6. The molecule has 0 saturated carbocycles. The maximum atomic E-state index is 11.5. The van der Waals surface area contributed by atoms with E-state index in [1.807, 2.05) is 13.8 Å². The summed E-state index contributed by atoms with van der Waals surface area (Å²) in [5.41, 5.74) is 0.807. The zero-order chi connectivity index (χ0) is 14.6. The summed E-state index contributed by atoms with van der Waals surface area (Å²) in [5.74, 6) is -0.865. The fourth-order valence-corrected chi connectivity index (χ4v) is 1.82.